The van der Waals surface area contributed by atoms with E-state index in [2.05, 4.69) is 10.2 Å². The number of rotatable bonds is 5. The standard InChI is InChI=1S/C14H18N4O3/c1-4-20-12-6-5-10(7-11(12)15)14(19)21-8-13-17-16-9(2)18(13)3/h5-7H,4,8,15H2,1-3H3. The topological polar surface area (TPSA) is 92.3 Å². The van der Waals surface area contributed by atoms with E-state index in [1.807, 2.05) is 20.9 Å². The van der Waals surface area contributed by atoms with Crippen molar-refractivity contribution in [2.45, 2.75) is 20.5 Å². The summed E-state index contributed by atoms with van der Waals surface area (Å²) in [6.45, 7) is 4.26. The Bertz CT molecular complexity index is 652. The highest BCUT2D eigenvalue weighted by Gasteiger charge is 2.12. The van der Waals surface area contributed by atoms with E-state index in [9.17, 15) is 4.79 Å². The molecule has 7 nitrogen and oxygen atoms in total. The van der Waals surface area contributed by atoms with E-state index in [0.717, 1.165) is 5.82 Å². The number of anilines is 1. The number of nitrogens with two attached hydrogens (primary N) is 1. The zero-order valence-corrected chi connectivity index (χ0v) is 12.3. The third-order valence-corrected chi connectivity index (χ3v) is 3.06. The maximum absolute atomic E-state index is 12.0. The molecule has 0 aliphatic carbocycles. The molecule has 2 rings (SSSR count). The van der Waals surface area contributed by atoms with Gasteiger partial charge in [0.1, 0.15) is 11.6 Å². The van der Waals surface area contributed by atoms with Crippen LogP contribution in [0, 0.1) is 6.92 Å². The highest BCUT2D eigenvalue weighted by atomic mass is 16.5. The molecule has 0 spiro atoms. The highest BCUT2D eigenvalue weighted by molar-refractivity contribution is 5.91. The fraction of sp³-hybridized carbons (Fsp3) is 0.357. The number of ether oxygens (including phenoxy) is 2. The van der Waals surface area contributed by atoms with Gasteiger partial charge in [-0.25, -0.2) is 4.79 Å². The molecule has 112 valence electrons. The number of nitrogens with zero attached hydrogens (tertiary/aromatic N) is 3. The van der Waals surface area contributed by atoms with Crippen LogP contribution in [0.15, 0.2) is 18.2 Å². The number of benzene rings is 1. The Morgan fingerprint density at radius 3 is 2.71 bits per heavy atom. The van der Waals surface area contributed by atoms with Gasteiger partial charge in [0.25, 0.3) is 0 Å². The van der Waals surface area contributed by atoms with Gasteiger partial charge in [0.05, 0.1) is 17.9 Å². The summed E-state index contributed by atoms with van der Waals surface area (Å²) in [6.07, 6.45) is 0. The minimum atomic E-state index is -0.467. The Morgan fingerprint density at radius 2 is 2.14 bits per heavy atom. The minimum absolute atomic E-state index is 0.0588. The molecule has 0 saturated carbocycles. The predicted molar refractivity (Wildman–Crippen MR) is 76.9 cm³/mol. The smallest absolute Gasteiger partial charge is 0.338 e. The van der Waals surface area contributed by atoms with Gasteiger partial charge in [-0.3, -0.25) is 0 Å². The molecule has 0 aliphatic heterocycles. The van der Waals surface area contributed by atoms with E-state index in [4.69, 9.17) is 15.2 Å². The Kier molecular flexibility index (Phi) is 4.42. The van der Waals surface area contributed by atoms with Crippen LogP contribution >= 0.6 is 0 Å². The minimum Gasteiger partial charge on any atom is -0.492 e. The van der Waals surface area contributed by atoms with Gasteiger partial charge in [-0.15, -0.1) is 10.2 Å². The average molecular weight is 290 g/mol. The summed E-state index contributed by atoms with van der Waals surface area (Å²) >= 11 is 0. The summed E-state index contributed by atoms with van der Waals surface area (Å²) in [5.74, 6) is 1.43. The first-order chi connectivity index (χ1) is 10.0. The third kappa shape index (κ3) is 3.31. The number of nitrogen functional groups attached to an aromatic ring is 1. The van der Waals surface area contributed by atoms with E-state index < -0.39 is 5.97 Å². The molecule has 21 heavy (non-hydrogen) atoms. The molecule has 0 radical (unpaired) electrons. The molecule has 1 aromatic carbocycles. The van der Waals surface area contributed by atoms with Gasteiger partial charge in [0.15, 0.2) is 12.4 Å². The molecule has 7 heteroatoms. The predicted octanol–water partition coefficient (Wildman–Crippen LogP) is 1.46. The van der Waals surface area contributed by atoms with Gasteiger partial charge in [-0.1, -0.05) is 0 Å². The van der Waals surface area contributed by atoms with Gasteiger partial charge < -0.3 is 19.8 Å². The Balaban J connectivity index is 2.03. The van der Waals surface area contributed by atoms with Gasteiger partial charge in [0.2, 0.25) is 0 Å². The monoisotopic (exact) mass is 290 g/mol. The van der Waals surface area contributed by atoms with Gasteiger partial charge in [-0.2, -0.15) is 0 Å². The lowest BCUT2D eigenvalue weighted by Gasteiger charge is -2.09. The lowest BCUT2D eigenvalue weighted by Crippen LogP contribution is -2.09. The van der Waals surface area contributed by atoms with Crippen LogP contribution in [-0.4, -0.2) is 27.3 Å². The lowest BCUT2D eigenvalue weighted by atomic mass is 10.2. The van der Waals surface area contributed by atoms with Crippen molar-refractivity contribution in [2.24, 2.45) is 7.05 Å². The largest absolute Gasteiger partial charge is 0.492 e. The van der Waals surface area contributed by atoms with Crippen molar-refractivity contribution in [3.8, 4) is 5.75 Å². The molecule has 2 N–H and O–H groups in total. The molecule has 0 saturated heterocycles. The SMILES string of the molecule is CCOc1ccc(C(=O)OCc2nnc(C)n2C)cc1N. The summed E-state index contributed by atoms with van der Waals surface area (Å²) in [7, 11) is 1.81. The molecule has 0 fully saturated rings. The van der Waals surface area contributed by atoms with Crippen molar-refractivity contribution in [2.75, 3.05) is 12.3 Å². The van der Waals surface area contributed by atoms with Crippen LogP contribution in [0.25, 0.3) is 0 Å². The third-order valence-electron chi connectivity index (χ3n) is 3.06. The number of aromatic nitrogens is 3. The second-order valence-corrected chi connectivity index (χ2v) is 4.48. The van der Waals surface area contributed by atoms with Gasteiger partial charge in [0, 0.05) is 7.05 Å². The second-order valence-electron chi connectivity index (χ2n) is 4.48. The molecule has 2 aromatic rings. The maximum atomic E-state index is 12.0. The fourth-order valence-electron chi connectivity index (χ4n) is 1.75. The summed E-state index contributed by atoms with van der Waals surface area (Å²) < 4.78 is 12.3. The van der Waals surface area contributed by atoms with Crippen molar-refractivity contribution < 1.29 is 14.3 Å². The molecule has 1 heterocycles. The first kappa shape index (κ1) is 14.8. The Labute approximate surface area is 122 Å². The van der Waals surface area contributed by atoms with Crippen molar-refractivity contribution >= 4 is 11.7 Å². The van der Waals surface area contributed by atoms with Crippen LogP contribution in [0.2, 0.25) is 0 Å². The maximum Gasteiger partial charge on any atom is 0.338 e. The number of carbonyl (C=O) groups excluding carboxylic acids is 1. The van der Waals surface area contributed by atoms with Crippen molar-refractivity contribution in [3.63, 3.8) is 0 Å². The molecule has 1 aromatic heterocycles. The molecular formula is C14H18N4O3. The normalized spacial score (nSPS) is 10.4. The van der Waals surface area contributed by atoms with Crippen LogP contribution in [-0.2, 0) is 18.4 Å². The van der Waals surface area contributed by atoms with Crippen molar-refractivity contribution in [1.29, 1.82) is 0 Å². The number of esters is 1. The average Bonchev–Trinajstić information content (AvgIpc) is 2.78. The zero-order valence-electron chi connectivity index (χ0n) is 12.3. The number of aryl methyl sites for hydroxylation is 1. The number of hydrogen-bond donors (Lipinski definition) is 1. The zero-order chi connectivity index (χ0) is 15.4. The summed E-state index contributed by atoms with van der Waals surface area (Å²) in [5.41, 5.74) is 6.59. The highest BCUT2D eigenvalue weighted by Crippen LogP contribution is 2.23. The van der Waals surface area contributed by atoms with Gasteiger partial charge in [-0.05, 0) is 32.0 Å². The lowest BCUT2D eigenvalue weighted by molar-refractivity contribution is 0.0458. The first-order valence-electron chi connectivity index (χ1n) is 6.57. The molecule has 0 amide bonds. The van der Waals surface area contributed by atoms with E-state index in [1.54, 1.807) is 16.7 Å². The van der Waals surface area contributed by atoms with Crippen LogP contribution < -0.4 is 10.5 Å². The van der Waals surface area contributed by atoms with E-state index >= 15 is 0 Å². The van der Waals surface area contributed by atoms with Crippen LogP contribution in [0.5, 0.6) is 5.75 Å². The fourth-order valence-corrected chi connectivity index (χ4v) is 1.75. The summed E-state index contributed by atoms with van der Waals surface area (Å²) in [6, 6.07) is 4.81. The Hall–Kier alpha value is -2.57. The first-order valence-corrected chi connectivity index (χ1v) is 6.57. The summed E-state index contributed by atoms with van der Waals surface area (Å²) in [5, 5.41) is 7.83. The van der Waals surface area contributed by atoms with E-state index in [-0.39, 0.29) is 6.61 Å². The van der Waals surface area contributed by atoms with E-state index in [1.165, 1.54) is 6.07 Å². The van der Waals surface area contributed by atoms with Gasteiger partial charge >= 0.3 is 5.97 Å². The molecule has 0 unspecified atom stereocenters. The molecule has 0 aliphatic rings. The summed E-state index contributed by atoms with van der Waals surface area (Å²) in [4.78, 5) is 12.0. The van der Waals surface area contributed by atoms with E-state index in [0.29, 0.717) is 29.4 Å². The van der Waals surface area contributed by atoms with Crippen molar-refractivity contribution in [1.82, 2.24) is 14.8 Å². The quantitative estimate of drug-likeness (QED) is 0.662. The van der Waals surface area contributed by atoms with Crippen molar-refractivity contribution in [3.05, 3.63) is 35.4 Å². The number of hydrogen-bond acceptors (Lipinski definition) is 6. The molecule has 0 bridgehead atoms. The van der Waals surface area contributed by atoms with Crippen LogP contribution in [0.1, 0.15) is 28.9 Å². The second kappa shape index (κ2) is 6.25. The Morgan fingerprint density at radius 1 is 1.38 bits per heavy atom. The molecular weight excluding hydrogens is 272 g/mol. The van der Waals surface area contributed by atoms with Crippen LogP contribution in [0.4, 0.5) is 5.69 Å². The van der Waals surface area contributed by atoms with Crippen LogP contribution in [0.3, 0.4) is 0 Å². The number of carbonyl (C=O) groups is 1. The molecule has 0 atom stereocenters.